The molecule has 1 aromatic carbocycles. The lowest BCUT2D eigenvalue weighted by atomic mass is 10.1. The van der Waals surface area contributed by atoms with Gasteiger partial charge in [0.25, 0.3) is 5.56 Å². The van der Waals surface area contributed by atoms with Gasteiger partial charge >= 0.3 is 17.8 Å². The number of amides is 1. The number of nitrogens with one attached hydrogen (secondary N) is 1. The Labute approximate surface area is 197 Å². The van der Waals surface area contributed by atoms with Crippen LogP contribution in [0.4, 0.5) is 9.18 Å². The number of aromatic nitrogens is 2. The summed E-state index contributed by atoms with van der Waals surface area (Å²) in [5.41, 5.74) is -1.50. The van der Waals surface area contributed by atoms with Crippen molar-refractivity contribution in [2.24, 2.45) is 0 Å². The van der Waals surface area contributed by atoms with Gasteiger partial charge in [0.15, 0.2) is 6.23 Å². The summed E-state index contributed by atoms with van der Waals surface area (Å²) in [5, 5.41) is 20.5. The van der Waals surface area contributed by atoms with Crippen molar-refractivity contribution < 1.29 is 38.4 Å². The average molecular weight is 493 g/mol. The molecule has 188 valence electrons. The molecule has 1 amide bonds. The summed E-state index contributed by atoms with van der Waals surface area (Å²) in [6.07, 6.45) is -5.23. The van der Waals surface area contributed by atoms with E-state index in [4.69, 9.17) is 14.2 Å². The number of H-pyrrole nitrogens is 1. The predicted molar refractivity (Wildman–Crippen MR) is 115 cm³/mol. The van der Waals surface area contributed by atoms with E-state index in [1.54, 1.807) is 17.1 Å². The van der Waals surface area contributed by atoms with Crippen molar-refractivity contribution >= 4 is 12.1 Å². The molecule has 2 unspecified atom stereocenters. The van der Waals surface area contributed by atoms with Gasteiger partial charge in [0, 0.05) is 6.54 Å². The van der Waals surface area contributed by atoms with Crippen molar-refractivity contribution in [2.75, 3.05) is 13.2 Å². The Hall–Kier alpha value is -3.55. The number of carbonyl (C=O) groups excluding carboxylic acids is 2. The molecule has 0 saturated carbocycles. The zero-order chi connectivity index (χ0) is 25.1. The van der Waals surface area contributed by atoms with E-state index in [1.807, 2.05) is 18.2 Å². The fourth-order valence-corrected chi connectivity index (χ4v) is 4.04. The molecule has 12 nitrogen and oxygen atoms in total. The fourth-order valence-electron chi connectivity index (χ4n) is 4.04. The number of aliphatic hydroxyl groups is 2. The number of rotatable bonds is 6. The number of hydrogen-bond acceptors (Lipinski definition) is 9. The number of esters is 1. The Morgan fingerprint density at radius 3 is 2.63 bits per heavy atom. The summed E-state index contributed by atoms with van der Waals surface area (Å²) >= 11 is 0. The fraction of sp³-hybridized carbons (Fsp3) is 0.455. The molecule has 0 aliphatic carbocycles. The van der Waals surface area contributed by atoms with Crippen LogP contribution in [-0.4, -0.2) is 74.2 Å². The molecule has 3 heterocycles. The Balaban J connectivity index is 1.34. The molecule has 2 aliphatic heterocycles. The van der Waals surface area contributed by atoms with Crippen LogP contribution in [0, 0.1) is 5.82 Å². The van der Waals surface area contributed by atoms with E-state index in [9.17, 15) is 33.8 Å². The molecule has 2 aromatic rings. The van der Waals surface area contributed by atoms with Crippen LogP contribution >= 0.6 is 0 Å². The van der Waals surface area contributed by atoms with Gasteiger partial charge in [-0.05, 0) is 18.4 Å². The van der Waals surface area contributed by atoms with Gasteiger partial charge in [-0.15, -0.1) is 0 Å². The van der Waals surface area contributed by atoms with Crippen LogP contribution in [0.25, 0.3) is 0 Å². The number of halogens is 1. The molecular weight excluding hydrogens is 469 g/mol. The number of likely N-dealkylation sites (tertiary alicyclic amines) is 1. The van der Waals surface area contributed by atoms with Crippen LogP contribution in [0.5, 0.6) is 0 Å². The first-order valence-electron chi connectivity index (χ1n) is 10.9. The molecule has 13 heteroatoms. The zero-order valence-corrected chi connectivity index (χ0v) is 18.4. The largest absolute Gasteiger partial charge is 0.461 e. The van der Waals surface area contributed by atoms with Crippen LogP contribution in [0.1, 0.15) is 24.6 Å². The van der Waals surface area contributed by atoms with E-state index in [1.165, 1.54) is 4.90 Å². The van der Waals surface area contributed by atoms with Crippen LogP contribution in [0.2, 0.25) is 0 Å². The van der Waals surface area contributed by atoms with Crippen molar-refractivity contribution in [3.05, 3.63) is 68.7 Å². The minimum absolute atomic E-state index is 0.0457. The zero-order valence-electron chi connectivity index (χ0n) is 18.4. The molecule has 2 saturated heterocycles. The summed E-state index contributed by atoms with van der Waals surface area (Å²) in [6.45, 7) is -0.154. The lowest BCUT2D eigenvalue weighted by Gasteiger charge is -2.23. The Morgan fingerprint density at radius 1 is 1.14 bits per heavy atom. The van der Waals surface area contributed by atoms with Crippen molar-refractivity contribution in [1.29, 1.82) is 0 Å². The molecule has 5 atom stereocenters. The monoisotopic (exact) mass is 493 g/mol. The first-order chi connectivity index (χ1) is 16.8. The third-order valence-corrected chi connectivity index (χ3v) is 5.89. The number of carbonyl (C=O) groups is 2. The third-order valence-electron chi connectivity index (χ3n) is 5.89. The van der Waals surface area contributed by atoms with Crippen molar-refractivity contribution in [2.45, 2.75) is 50.0 Å². The number of benzene rings is 1. The van der Waals surface area contributed by atoms with E-state index >= 15 is 0 Å². The van der Waals surface area contributed by atoms with Gasteiger partial charge in [-0.3, -0.25) is 19.2 Å². The maximum absolute atomic E-state index is 13.6. The highest BCUT2D eigenvalue weighted by atomic mass is 19.1. The summed E-state index contributed by atoms with van der Waals surface area (Å²) in [4.78, 5) is 51.3. The van der Waals surface area contributed by atoms with Crippen molar-refractivity contribution in [1.82, 2.24) is 14.5 Å². The first-order valence-corrected chi connectivity index (χ1v) is 10.9. The second kappa shape index (κ2) is 10.4. The van der Waals surface area contributed by atoms with Gasteiger partial charge < -0.3 is 24.4 Å². The van der Waals surface area contributed by atoms with E-state index in [-0.39, 0.29) is 6.61 Å². The van der Waals surface area contributed by atoms with Crippen molar-refractivity contribution in [3.63, 3.8) is 0 Å². The topological polar surface area (TPSA) is 160 Å². The first kappa shape index (κ1) is 24.6. The predicted octanol–water partition coefficient (Wildman–Crippen LogP) is -0.361. The number of nitrogens with zero attached hydrogens (tertiary/aromatic N) is 2. The molecule has 1 aromatic heterocycles. The smallest absolute Gasteiger partial charge is 0.410 e. The SMILES string of the molecule is O=C(OC[C@@H]1O[C@H](n2cc(F)c(=O)[nH]c2=O)C(O)C1O)[C@H]1CCCN1C(=O)OCc1ccccc1. The normalized spacial score (nSPS) is 26.0. The van der Waals surface area contributed by atoms with Gasteiger partial charge in [0.05, 0.1) is 6.20 Å². The molecule has 0 radical (unpaired) electrons. The van der Waals surface area contributed by atoms with Crippen LogP contribution < -0.4 is 11.2 Å². The second-order valence-corrected chi connectivity index (χ2v) is 8.21. The summed E-state index contributed by atoms with van der Waals surface area (Å²) in [7, 11) is 0. The van der Waals surface area contributed by atoms with E-state index in [0.29, 0.717) is 30.2 Å². The summed E-state index contributed by atoms with van der Waals surface area (Å²) in [5.74, 6) is -2.04. The second-order valence-electron chi connectivity index (χ2n) is 8.21. The van der Waals surface area contributed by atoms with Crippen LogP contribution in [-0.2, 0) is 25.6 Å². The third kappa shape index (κ3) is 5.26. The Kier molecular flexibility index (Phi) is 7.28. The highest BCUT2D eigenvalue weighted by Gasteiger charge is 2.45. The van der Waals surface area contributed by atoms with Crippen molar-refractivity contribution in [3.8, 4) is 0 Å². The molecule has 35 heavy (non-hydrogen) atoms. The number of aliphatic hydroxyl groups excluding tert-OH is 2. The Bertz CT molecular complexity index is 1180. The maximum Gasteiger partial charge on any atom is 0.410 e. The summed E-state index contributed by atoms with van der Waals surface area (Å²) in [6, 6.07) is 8.16. The van der Waals surface area contributed by atoms with Gasteiger partial charge in [0.2, 0.25) is 5.82 Å². The van der Waals surface area contributed by atoms with E-state index in [2.05, 4.69) is 0 Å². The average Bonchev–Trinajstić information content (AvgIpc) is 3.45. The van der Waals surface area contributed by atoms with Gasteiger partial charge in [-0.1, -0.05) is 30.3 Å². The highest BCUT2D eigenvalue weighted by molar-refractivity contribution is 5.82. The highest BCUT2D eigenvalue weighted by Crippen LogP contribution is 2.29. The molecule has 0 spiro atoms. The summed E-state index contributed by atoms with van der Waals surface area (Å²) < 4.78 is 30.1. The quantitative estimate of drug-likeness (QED) is 0.457. The van der Waals surface area contributed by atoms with Crippen LogP contribution in [0.15, 0.2) is 46.1 Å². The minimum Gasteiger partial charge on any atom is -0.461 e. The van der Waals surface area contributed by atoms with Gasteiger partial charge in [-0.25, -0.2) is 14.4 Å². The van der Waals surface area contributed by atoms with E-state index < -0.39 is 66.3 Å². The molecular formula is C22H24FN3O9. The van der Waals surface area contributed by atoms with Crippen LogP contribution in [0.3, 0.4) is 0 Å². The molecule has 0 bridgehead atoms. The molecule has 2 aliphatic rings. The van der Waals surface area contributed by atoms with E-state index in [0.717, 1.165) is 5.56 Å². The Morgan fingerprint density at radius 2 is 1.89 bits per heavy atom. The lowest BCUT2D eigenvalue weighted by Crippen LogP contribution is -2.43. The molecule has 3 N–H and O–H groups in total. The minimum atomic E-state index is -1.67. The lowest BCUT2D eigenvalue weighted by molar-refractivity contribution is -0.154. The number of hydrogen-bond donors (Lipinski definition) is 3. The number of ether oxygens (including phenoxy) is 3. The molecule has 2 fully saturated rings. The standard InChI is InChI=1S/C22H24FN3O9/c23-13-9-26(21(31)24-18(13)29)19-17(28)16(27)15(35-19)11-33-20(30)14-7-4-8-25(14)22(32)34-10-12-5-2-1-3-6-12/h1-3,5-6,9,14-17,19,27-28H,4,7-8,10-11H2,(H,24,29,31)/t14-,15+,16?,17?,19+/m1/s1. The maximum atomic E-state index is 13.6. The van der Waals surface area contributed by atoms with Gasteiger partial charge in [-0.2, -0.15) is 4.39 Å². The number of aromatic amines is 1. The van der Waals surface area contributed by atoms with Gasteiger partial charge in [0.1, 0.15) is 37.6 Å². The molecule has 4 rings (SSSR count).